The second-order valence-corrected chi connectivity index (χ2v) is 4.93. The Morgan fingerprint density at radius 1 is 1.07 bits per heavy atom. The van der Waals surface area contributed by atoms with Crippen LogP contribution in [0.2, 0.25) is 0 Å². The molecule has 0 heterocycles. The van der Waals surface area contributed by atoms with E-state index < -0.39 is 0 Å². The fraction of sp³-hybridized carbons (Fsp3) is 0.462. The van der Waals surface area contributed by atoms with Crippen molar-refractivity contribution in [3.63, 3.8) is 0 Å². The van der Waals surface area contributed by atoms with Crippen LogP contribution in [0.3, 0.4) is 0 Å². The fourth-order valence-electron chi connectivity index (χ4n) is 1.47. The highest BCUT2D eigenvalue weighted by molar-refractivity contribution is 5.98. The molecule has 0 spiro atoms. The molecule has 0 fully saturated rings. The normalized spacial score (nSPS) is 13.1. The average molecular weight is 205 g/mol. The molecule has 1 aromatic rings. The van der Waals surface area contributed by atoms with E-state index >= 15 is 0 Å². The Balaban J connectivity index is 3.07. The van der Waals surface area contributed by atoms with Gasteiger partial charge in [-0.2, -0.15) is 0 Å². The van der Waals surface area contributed by atoms with Crippen LogP contribution in [0, 0.1) is 13.8 Å². The van der Waals surface area contributed by atoms with Gasteiger partial charge in [0.1, 0.15) is 0 Å². The predicted molar refractivity (Wildman–Crippen MR) is 66.2 cm³/mol. The second kappa shape index (κ2) is 4.15. The van der Waals surface area contributed by atoms with Gasteiger partial charge in [-0.1, -0.05) is 17.2 Å². The lowest BCUT2D eigenvalue weighted by molar-refractivity contribution is -0.877. The van der Waals surface area contributed by atoms with Gasteiger partial charge in [0.2, 0.25) is 0 Å². The minimum Gasteiger partial charge on any atom is -0.205 e. The molecule has 0 aliphatic rings. The van der Waals surface area contributed by atoms with Gasteiger partial charge in [-0.15, -0.1) is 0 Å². The van der Waals surface area contributed by atoms with E-state index in [0.29, 0.717) is 4.59 Å². The van der Waals surface area contributed by atoms with Crippen molar-refractivity contribution >= 4 is 5.71 Å². The molecule has 1 rings (SSSR count). The fourth-order valence-corrected chi connectivity index (χ4v) is 1.47. The van der Waals surface area contributed by atoms with E-state index in [1.165, 1.54) is 16.7 Å². The lowest BCUT2D eigenvalue weighted by Crippen LogP contribution is -2.28. The largest absolute Gasteiger partial charge is 0.205 e. The molecule has 0 radical (unpaired) electrons. The van der Waals surface area contributed by atoms with E-state index in [-0.39, 0.29) is 0 Å². The van der Waals surface area contributed by atoms with Crippen LogP contribution >= 0.6 is 0 Å². The van der Waals surface area contributed by atoms with E-state index in [0.717, 1.165) is 5.71 Å². The lowest BCUT2D eigenvalue weighted by Gasteiger charge is -2.16. The van der Waals surface area contributed by atoms with Crippen LogP contribution in [-0.4, -0.2) is 31.4 Å². The number of nitrogens with zero attached hydrogens (tertiary/aromatic N) is 2. The third-order valence-electron chi connectivity index (χ3n) is 2.37. The predicted octanol–water partition coefficient (Wildman–Crippen LogP) is 2.73. The maximum absolute atomic E-state index is 4.60. The average Bonchev–Trinajstić information content (AvgIpc) is 2.06. The number of hydrogen-bond acceptors (Lipinski definition) is 1. The number of hydrogen-bond donors (Lipinski definition) is 0. The first kappa shape index (κ1) is 11.9. The van der Waals surface area contributed by atoms with Crippen molar-refractivity contribution in [2.75, 3.05) is 21.1 Å². The van der Waals surface area contributed by atoms with Crippen LogP contribution in [0.15, 0.2) is 23.3 Å². The first-order valence-electron chi connectivity index (χ1n) is 5.25. The molecule has 0 bridgehead atoms. The first-order valence-corrected chi connectivity index (χ1v) is 5.25. The Kier molecular flexibility index (Phi) is 3.30. The molecule has 0 saturated heterocycles. The molecule has 1 aromatic carbocycles. The van der Waals surface area contributed by atoms with Gasteiger partial charge in [-0.3, -0.25) is 0 Å². The monoisotopic (exact) mass is 205 g/mol. The van der Waals surface area contributed by atoms with E-state index in [9.17, 15) is 0 Å². The number of rotatable bonds is 2. The third-order valence-corrected chi connectivity index (χ3v) is 2.37. The minimum atomic E-state index is 0.610. The van der Waals surface area contributed by atoms with E-state index in [1.807, 2.05) is 0 Å². The Bertz CT molecular complexity index is 384. The standard InChI is InChI=1S/C13H21N2/c1-10-7-8-13(9-11(10)2)12(3)14-15(4,5)6/h7-9H,1-6H3/q+1. The highest BCUT2D eigenvalue weighted by Gasteiger charge is 2.07. The van der Waals surface area contributed by atoms with Crippen molar-refractivity contribution in [1.29, 1.82) is 0 Å². The van der Waals surface area contributed by atoms with Crippen molar-refractivity contribution in [3.05, 3.63) is 34.9 Å². The zero-order valence-electron chi connectivity index (χ0n) is 10.6. The summed E-state index contributed by atoms with van der Waals surface area (Å²) in [5.74, 6) is 0. The smallest absolute Gasteiger partial charge is 0.0999 e. The molecule has 0 atom stereocenters. The molecular formula is C13H21N2+. The zero-order valence-corrected chi connectivity index (χ0v) is 10.6. The van der Waals surface area contributed by atoms with E-state index in [1.54, 1.807) is 0 Å². The molecule has 0 aliphatic carbocycles. The molecule has 0 saturated carbocycles. The van der Waals surface area contributed by atoms with Gasteiger partial charge in [0.25, 0.3) is 0 Å². The number of quaternary nitrogens is 1. The van der Waals surface area contributed by atoms with Crippen molar-refractivity contribution in [3.8, 4) is 0 Å². The van der Waals surface area contributed by atoms with Gasteiger partial charge in [0, 0.05) is 5.56 Å². The van der Waals surface area contributed by atoms with Crippen LogP contribution in [0.4, 0.5) is 0 Å². The molecule has 0 amide bonds. The van der Waals surface area contributed by atoms with Crippen LogP contribution in [-0.2, 0) is 0 Å². The molecule has 0 N–H and O–H groups in total. The maximum atomic E-state index is 4.60. The number of benzene rings is 1. The number of aryl methyl sites for hydroxylation is 2. The van der Waals surface area contributed by atoms with Crippen LogP contribution in [0.5, 0.6) is 0 Å². The van der Waals surface area contributed by atoms with Gasteiger partial charge in [0.15, 0.2) is 0 Å². The SMILES string of the molecule is CC(=N[N+](C)(C)C)c1ccc(C)c(C)c1. The second-order valence-electron chi connectivity index (χ2n) is 4.93. The topological polar surface area (TPSA) is 12.4 Å². The highest BCUT2D eigenvalue weighted by atomic mass is 15.6. The summed E-state index contributed by atoms with van der Waals surface area (Å²) in [6, 6.07) is 6.49. The van der Waals surface area contributed by atoms with Gasteiger partial charge in [-0.05, 0) is 38.0 Å². The summed E-state index contributed by atoms with van der Waals surface area (Å²) in [7, 11) is 6.18. The van der Waals surface area contributed by atoms with Crippen LogP contribution in [0.1, 0.15) is 23.6 Å². The van der Waals surface area contributed by atoms with Crippen LogP contribution in [0.25, 0.3) is 0 Å². The highest BCUT2D eigenvalue weighted by Crippen LogP contribution is 2.11. The lowest BCUT2D eigenvalue weighted by atomic mass is 10.0. The van der Waals surface area contributed by atoms with Crippen molar-refractivity contribution < 1.29 is 4.59 Å². The maximum Gasteiger partial charge on any atom is 0.0999 e. The Morgan fingerprint density at radius 2 is 1.67 bits per heavy atom. The molecule has 2 nitrogen and oxygen atoms in total. The van der Waals surface area contributed by atoms with Gasteiger partial charge < -0.3 is 0 Å². The van der Waals surface area contributed by atoms with E-state index in [2.05, 4.69) is 65.2 Å². The molecule has 2 heteroatoms. The summed E-state index contributed by atoms with van der Waals surface area (Å²) in [5, 5.41) is 4.60. The molecule has 0 unspecified atom stereocenters. The van der Waals surface area contributed by atoms with Gasteiger partial charge in [-0.25, -0.2) is 4.59 Å². The van der Waals surface area contributed by atoms with Crippen molar-refractivity contribution in [2.24, 2.45) is 5.10 Å². The Hall–Kier alpha value is -1.15. The van der Waals surface area contributed by atoms with Crippen molar-refractivity contribution in [1.82, 2.24) is 0 Å². The molecule has 0 aromatic heterocycles. The zero-order chi connectivity index (χ0) is 11.6. The van der Waals surface area contributed by atoms with Crippen molar-refractivity contribution in [2.45, 2.75) is 20.8 Å². The summed E-state index contributed by atoms with van der Waals surface area (Å²) in [5.41, 5.74) is 4.96. The van der Waals surface area contributed by atoms with Gasteiger partial charge in [0.05, 0.1) is 26.9 Å². The molecule has 15 heavy (non-hydrogen) atoms. The minimum absolute atomic E-state index is 0.610. The summed E-state index contributed by atoms with van der Waals surface area (Å²) in [4.78, 5) is 0. The summed E-state index contributed by atoms with van der Waals surface area (Å²) >= 11 is 0. The first-order chi connectivity index (χ1) is 6.79. The summed E-state index contributed by atoms with van der Waals surface area (Å²) in [6.07, 6.45) is 0. The van der Waals surface area contributed by atoms with E-state index in [4.69, 9.17) is 0 Å². The van der Waals surface area contributed by atoms with Gasteiger partial charge >= 0.3 is 0 Å². The molecule has 0 aliphatic heterocycles. The molecular weight excluding hydrogens is 184 g/mol. The Morgan fingerprint density at radius 3 is 2.13 bits per heavy atom. The molecule has 82 valence electrons. The summed E-state index contributed by atoms with van der Waals surface area (Å²) < 4.78 is 0.610. The third kappa shape index (κ3) is 3.48. The summed E-state index contributed by atoms with van der Waals surface area (Å²) in [6.45, 7) is 6.33. The van der Waals surface area contributed by atoms with Crippen LogP contribution < -0.4 is 0 Å². The Labute approximate surface area is 92.8 Å². The quantitative estimate of drug-likeness (QED) is 0.400.